The van der Waals surface area contributed by atoms with Crippen molar-refractivity contribution in [3.8, 4) is 11.5 Å². The lowest BCUT2D eigenvalue weighted by molar-refractivity contribution is -0.114. The SMILES string of the molecule is CC(=O)Nc1ccc(CCc2cc3c(cc2O)C(C)CC(C)(C)O3)cc1. The highest BCUT2D eigenvalue weighted by atomic mass is 16.5. The number of nitrogens with one attached hydrogen (secondary N) is 1. The molecule has 26 heavy (non-hydrogen) atoms. The Morgan fingerprint density at radius 3 is 2.58 bits per heavy atom. The van der Waals surface area contributed by atoms with Crippen LogP contribution in [-0.2, 0) is 17.6 Å². The van der Waals surface area contributed by atoms with Crippen LogP contribution in [0.15, 0.2) is 36.4 Å². The molecule has 0 bridgehead atoms. The van der Waals surface area contributed by atoms with Crippen LogP contribution in [0.5, 0.6) is 11.5 Å². The molecule has 2 aromatic carbocycles. The zero-order valence-corrected chi connectivity index (χ0v) is 15.9. The summed E-state index contributed by atoms with van der Waals surface area (Å²) in [6, 6.07) is 11.7. The zero-order chi connectivity index (χ0) is 18.9. The molecule has 0 radical (unpaired) electrons. The number of carbonyl (C=O) groups excluding carboxylic acids is 1. The average Bonchev–Trinajstić information content (AvgIpc) is 2.54. The van der Waals surface area contributed by atoms with Gasteiger partial charge in [0.05, 0.1) is 0 Å². The minimum absolute atomic E-state index is 0.0751. The number of amides is 1. The second-order valence-corrected chi connectivity index (χ2v) is 7.86. The van der Waals surface area contributed by atoms with Gasteiger partial charge >= 0.3 is 0 Å². The molecule has 4 heteroatoms. The predicted octanol–water partition coefficient (Wildman–Crippen LogP) is 4.80. The third-order valence-electron chi connectivity index (χ3n) is 4.88. The standard InChI is InChI=1S/C22H27NO3/c1-14-13-22(3,4)26-21-11-17(20(25)12-19(14)21)8-5-16-6-9-18(10-7-16)23-15(2)24/h6-7,9-12,14,25H,5,8,13H2,1-4H3,(H,23,24). The van der Waals surface area contributed by atoms with Crippen molar-refractivity contribution in [2.24, 2.45) is 0 Å². The van der Waals surface area contributed by atoms with Gasteiger partial charge in [-0.05, 0) is 74.4 Å². The molecular formula is C22H27NO3. The molecule has 1 heterocycles. The number of carbonyl (C=O) groups is 1. The largest absolute Gasteiger partial charge is 0.508 e. The van der Waals surface area contributed by atoms with Crippen molar-refractivity contribution in [2.45, 2.75) is 58.5 Å². The molecule has 2 N–H and O–H groups in total. The summed E-state index contributed by atoms with van der Waals surface area (Å²) >= 11 is 0. The molecular weight excluding hydrogens is 326 g/mol. The first kappa shape index (κ1) is 18.3. The van der Waals surface area contributed by atoms with E-state index in [0.29, 0.717) is 11.7 Å². The molecule has 1 unspecified atom stereocenters. The molecule has 138 valence electrons. The van der Waals surface area contributed by atoms with E-state index in [1.165, 1.54) is 6.92 Å². The van der Waals surface area contributed by atoms with Gasteiger partial charge in [0.2, 0.25) is 5.91 Å². The molecule has 0 saturated carbocycles. The molecule has 0 spiro atoms. The second kappa shape index (κ2) is 7.02. The number of benzene rings is 2. The quantitative estimate of drug-likeness (QED) is 0.830. The lowest BCUT2D eigenvalue weighted by Crippen LogP contribution is -2.34. The first-order chi connectivity index (χ1) is 12.2. The van der Waals surface area contributed by atoms with Gasteiger partial charge in [-0.3, -0.25) is 4.79 Å². The summed E-state index contributed by atoms with van der Waals surface area (Å²) in [5.74, 6) is 1.53. The Balaban J connectivity index is 1.73. The van der Waals surface area contributed by atoms with E-state index in [4.69, 9.17) is 4.74 Å². The van der Waals surface area contributed by atoms with Crippen LogP contribution >= 0.6 is 0 Å². The fourth-order valence-electron chi connectivity index (χ4n) is 3.72. The molecule has 1 aliphatic heterocycles. The molecule has 0 aliphatic carbocycles. The fourth-order valence-corrected chi connectivity index (χ4v) is 3.72. The second-order valence-electron chi connectivity index (χ2n) is 7.86. The molecule has 0 aromatic heterocycles. The summed E-state index contributed by atoms with van der Waals surface area (Å²) in [5, 5.41) is 13.2. The Hall–Kier alpha value is -2.49. The predicted molar refractivity (Wildman–Crippen MR) is 104 cm³/mol. The maximum absolute atomic E-state index is 11.1. The first-order valence-corrected chi connectivity index (χ1v) is 9.15. The van der Waals surface area contributed by atoms with Crippen LogP contribution in [-0.4, -0.2) is 16.6 Å². The van der Waals surface area contributed by atoms with Crippen LogP contribution in [0, 0.1) is 0 Å². The van der Waals surface area contributed by atoms with Crippen molar-refractivity contribution in [2.75, 3.05) is 5.32 Å². The summed E-state index contributed by atoms with van der Waals surface area (Å²) in [4.78, 5) is 11.1. The molecule has 1 aliphatic rings. The monoisotopic (exact) mass is 353 g/mol. The maximum Gasteiger partial charge on any atom is 0.221 e. The van der Waals surface area contributed by atoms with E-state index < -0.39 is 0 Å². The average molecular weight is 353 g/mol. The third kappa shape index (κ3) is 4.18. The number of rotatable bonds is 4. The Morgan fingerprint density at radius 1 is 1.23 bits per heavy atom. The molecule has 0 saturated heterocycles. The Morgan fingerprint density at radius 2 is 1.92 bits per heavy atom. The number of ether oxygens (including phenoxy) is 1. The Labute approximate surface area is 155 Å². The zero-order valence-electron chi connectivity index (χ0n) is 15.9. The molecule has 1 amide bonds. The van der Waals surface area contributed by atoms with Crippen molar-refractivity contribution >= 4 is 11.6 Å². The molecule has 1 atom stereocenters. The van der Waals surface area contributed by atoms with Gasteiger partial charge in [-0.25, -0.2) is 0 Å². The van der Waals surface area contributed by atoms with Crippen LogP contribution in [0.2, 0.25) is 0 Å². The summed E-state index contributed by atoms with van der Waals surface area (Å²) in [5.41, 5.74) is 3.76. The Bertz CT molecular complexity index is 809. The topological polar surface area (TPSA) is 58.6 Å². The lowest BCUT2D eigenvalue weighted by atomic mass is 9.84. The minimum atomic E-state index is -0.180. The highest BCUT2D eigenvalue weighted by Crippen LogP contribution is 2.43. The minimum Gasteiger partial charge on any atom is -0.508 e. The van der Waals surface area contributed by atoms with Gasteiger partial charge in [-0.2, -0.15) is 0 Å². The van der Waals surface area contributed by atoms with Crippen molar-refractivity contribution in [1.82, 2.24) is 0 Å². The number of hydrogen-bond donors (Lipinski definition) is 2. The van der Waals surface area contributed by atoms with Gasteiger partial charge < -0.3 is 15.2 Å². The van der Waals surface area contributed by atoms with Gasteiger partial charge in [0.25, 0.3) is 0 Å². The van der Waals surface area contributed by atoms with Crippen LogP contribution in [0.25, 0.3) is 0 Å². The number of hydrogen-bond acceptors (Lipinski definition) is 3. The van der Waals surface area contributed by atoms with E-state index in [9.17, 15) is 9.90 Å². The summed E-state index contributed by atoms with van der Waals surface area (Å²) in [7, 11) is 0. The molecule has 2 aromatic rings. The molecule has 3 rings (SSSR count). The number of aromatic hydroxyl groups is 1. The van der Waals surface area contributed by atoms with Crippen LogP contribution in [0.3, 0.4) is 0 Å². The number of phenolic OH excluding ortho intramolecular Hbond substituents is 1. The normalized spacial score (nSPS) is 17.9. The van der Waals surface area contributed by atoms with E-state index in [0.717, 1.165) is 47.4 Å². The van der Waals surface area contributed by atoms with Crippen molar-refractivity contribution in [3.63, 3.8) is 0 Å². The number of fused-ring (bicyclic) bond motifs is 1. The van der Waals surface area contributed by atoms with Crippen molar-refractivity contribution in [1.29, 1.82) is 0 Å². The highest BCUT2D eigenvalue weighted by Gasteiger charge is 2.32. The summed E-state index contributed by atoms with van der Waals surface area (Å²) in [6.07, 6.45) is 2.49. The van der Waals surface area contributed by atoms with Gasteiger partial charge in [0.1, 0.15) is 17.1 Å². The summed E-state index contributed by atoms with van der Waals surface area (Å²) < 4.78 is 6.14. The third-order valence-corrected chi connectivity index (χ3v) is 4.88. The number of phenols is 1. The maximum atomic E-state index is 11.1. The van der Waals surface area contributed by atoms with E-state index >= 15 is 0 Å². The van der Waals surface area contributed by atoms with E-state index in [1.54, 1.807) is 0 Å². The molecule has 4 nitrogen and oxygen atoms in total. The molecule has 0 fully saturated rings. The van der Waals surface area contributed by atoms with Crippen LogP contribution in [0.4, 0.5) is 5.69 Å². The highest BCUT2D eigenvalue weighted by molar-refractivity contribution is 5.88. The number of anilines is 1. The Kier molecular flexibility index (Phi) is 4.94. The van der Waals surface area contributed by atoms with Crippen molar-refractivity contribution in [3.05, 3.63) is 53.1 Å². The van der Waals surface area contributed by atoms with E-state index in [-0.39, 0.29) is 11.5 Å². The smallest absolute Gasteiger partial charge is 0.221 e. The van der Waals surface area contributed by atoms with Crippen LogP contribution < -0.4 is 10.1 Å². The summed E-state index contributed by atoms with van der Waals surface area (Å²) in [6.45, 7) is 7.89. The first-order valence-electron chi connectivity index (χ1n) is 9.15. The van der Waals surface area contributed by atoms with Gasteiger partial charge in [0.15, 0.2) is 0 Å². The van der Waals surface area contributed by atoms with Crippen molar-refractivity contribution < 1.29 is 14.6 Å². The number of aryl methyl sites for hydroxylation is 2. The van der Waals surface area contributed by atoms with Gasteiger partial charge in [0, 0.05) is 18.2 Å². The fraction of sp³-hybridized carbons (Fsp3) is 0.409. The van der Waals surface area contributed by atoms with E-state index in [2.05, 4.69) is 26.1 Å². The lowest BCUT2D eigenvalue weighted by Gasteiger charge is -2.36. The van der Waals surface area contributed by atoms with Gasteiger partial charge in [-0.15, -0.1) is 0 Å². The van der Waals surface area contributed by atoms with Crippen LogP contribution in [0.1, 0.15) is 56.7 Å². The van der Waals surface area contributed by atoms with Gasteiger partial charge in [-0.1, -0.05) is 19.1 Å². The van der Waals surface area contributed by atoms with E-state index in [1.807, 2.05) is 36.4 Å².